The van der Waals surface area contributed by atoms with E-state index in [1.54, 1.807) is 18.8 Å². The fraction of sp³-hybridized carbons (Fsp3) is 0.538. The molecule has 0 spiro atoms. The van der Waals surface area contributed by atoms with Crippen LogP contribution in [0, 0.1) is 0 Å². The predicted molar refractivity (Wildman–Crippen MR) is 69.9 cm³/mol. The number of halogens is 3. The van der Waals surface area contributed by atoms with Gasteiger partial charge in [-0.3, -0.25) is 0 Å². The highest BCUT2D eigenvalue weighted by Crippen LogP contribution is 2.27. The maximum absolute atomic E-state index is 12.1. The van der Waals surface area contributed by atoms with E-state index in [9.17, 15) is 13.2 Å². The average Bonchev–Trinajstić information content (AvgIpc) is 2.34. The smallest absolute Gasteiger partial charge is 0.313 e. The van der Waals surface area contributed by atoms with Gasteiger partial charge in [-0.15, -0.1) is 11.8 Å². The first-order valence-electron chi connectivity index (χ1n) is 5.84. The Bertz CT molecular complexity index is 348. The number of nitrogens with one attached hydrogen (secondary N) is 1. The van der Waals surface area contributed by atoms with Gasteiger partial charge in [0.15, 0.2) is 0 Å². The molecule has 0 fully saturated rings. The molecule has 1 unspecified atom stereocenters. The Morgan fingerprint density at radius 1 is 1.22 bits per heavy atom. The van der Waals surface area contributed by atoms with Crippen molar-refractivity contribution in [3.8, 4) is 0 Å². The maximum Gasteiger partial charge on any atom is 0.389 e. The molecular weight excluding hydrogens is 259 g/mol. The summed E-state index contributed by atoms with van der Waals surface area (Å²) in [5.41, 5.74) is 1.04. The molecule has 18 heavy (non-hydrogen) atoms. The molecule has 0 saturated carbocycles. The third-order valence-electron chi connectivity index (χ3n) is 2.82. The first kappa shape index (κ1) is 15.4. The number of alkyl halides is 3. The zero-order valence-electron chi connectivity index (χ0n) is 10.6. The van der Waals surface area contributed by atoms with Crippen molar-refractivity contribution in [1.29, 1.82) is 0 Å². The summed E-state index contributed by atoms with van der Waals surface area (Å²) >= 11 is 1.65. The monoisotopic (exact) mass is 277 g/mol. The van der Waals surface area contributed by atoms with Gasteiger partial charge in [-0.2, -0.15) is 13.2 Å². The third kappa shape index (κ3) is 5.31. The zero-order valence-corrected chi connectivity index (χ0v) is 11.4. The molecule has 0 aliphatic rings. The molecule has 0 aliphatic heterocycles. The van der Waals surface area contributed by atoms with Crippen molar-refractivity contribution in [2.45, 2.75) is 36.4 Å². The second kappa shape index (κ2) is 7.04. The van der Waals surface area contributed by atoms with Crippen LogP contribution in [0.5, 0.6) is 0 Å². The predicted octanol–water partition coefficient (Wildman–Crippen LogP) is 4.40. The van der Waals surface area contributed by atoms with Gasteiger partial charge in [0, 0.05) is 17.4 Å². The van der Waals surface area contributed by atoms with Crippen molar-refractivity contribution in [1.82, 2.24) is 5.32 Å². The van der Waals surface area contributed by atoms with E-state index in [1.807, 2.05) is 30.5 Å². The van der Waals surface area contributed by atoms with Gasteiger partial charge < -0.3 is 5.32 Å². The molecule has 0 heterocycles. The summed E-state index contributed by atoms with van der Waals surface area (Å²) in [5.74, 6) is 0. The van der Waals surface area contributed by atoms with Crippen molar-refractivity contribution in [3.05, 3.63) is 29.8 Å². The number of hydrogen-bond donors (Lipinski definition) is 1. The Hall–Kier alpha value is -0.680. The molecule has 5 heteroatoms. The summed E-state index contributed by atoms with van der Waals surface area (Å²) in [6.07, 6.45) is -2.13. The van der Waals surface area contributed by atoms with E-state index in [0.29, 0.717) is 6.42 Å². The van der Waals surface area contributed by atoms with Gasteiger partial charge in [-0.05, 0) is 43.8 Å². The fourth-order valence-electron chi connectivity index (χ4n) is 1.82. The zero-order chi connectivity index (χ0) is 13.6. The van der Waals surface area contributed by atoms with Crippen LogP contribution < -0.4 is 5.32 Å². The highest BCUT2D eigenvalue weighted by atomic mass is 32.2. The summed E-state index contributed by atoms with van der Waals surface area (Å²) in [6.45, 7) is 0. The minimum Gasteiger partial charge on any atom is -0.313 e. The Balaban J connectivity index is 2.54. The molecule has 102 valence electrons. The lowest BCUT2D eigenvalue weighted by Gasteiger charge is -2.17. The normalized spacial score (nSPS) is 13.6. The lowest BCUT2D eigenvalue weighted by molar-refractivity contribution is -0.135. The van der Waals surface area contributed by atoms with Gasteiger partial charge >= 0.3 is 6.18 Å². The highest BCUT2D eigenvalue weighted by Gasteiger charge is 2.26. The Morgan fingerprint density at radius 2 is 1.83 bits per heavy atom. The molecule has 1 aromatic carbocycles. The van der Waals surface area contributed by atoms with Crippen LogP contribution in [0.15, 0.2) is 29.2 Å². The van der Waals surface area contributed by atoms with Crippen LogP contribution >= 0.6 is 11.8 Å². The van der Waals surface area contributed by atoms with Crippen LogP contribution in [0.1, 0.15) is 30.9 Å². The Kier molecular flexibility index (Phi) is 6.02. The lowest BCUT2D eigenvalue weighted by Crippen LogP contribution is -2.17. The van der Waals surface area contributed by atoms with Crippen molar-refractivity contribution in [2.24, 2.45) is 0 Å². The SMILES string of the molecule is CNC(CCCC(F)(F)F)c1ccc(SC)cc1. The molecule has 1 rings (SSSR count). The summed E-state index contributed by atoms with van der Waals surface area (Å²) < 4.78 is 36.3. The molecular formula is C13H18F3NS. The van der Waals surface area contributed by atoms with Crippen LogP contribution in [-0.4, -0.2) is 19.5 Å². The molecule has 0 aromatic heterocycles. The molecule has 1 aromatic rings. The van der Waals surface area contributed by atoms with Crippen LogP contribution in [0.25, 0.3) is 0 Å². The summed E-state index contributed by atoms with van der Waals surface area (Å²) in [5, 5.41) is 3.07. The molecule has 1 atom stereocenters. The molecule has 0 aliphatic carbocycles. The second-order valence-corrected chi connectivity index (χ2v) is 5.00. The molecule has 1 nitrogen and oxygen atoms in total. The van der Waals surface area contributed by atoms with Gasteiger partial charge in [0.2, 0.25) is 0 Å². The van der Waals surface area contributed by atoms with Gasteiger partial charge in [-0.1, -0.05) is 12.1 Å². The molecule has 0 amide bonds. The fourth-order valence-corrected chi connectivity index (χ4v) is 2.23. The average molecular weight is 277 g/mol. The number of thioether (sulfide) groups is 1. The number of benzene rings is 1. The van der Waals surface area contributed by atoms with E-state index < -0.39 is 12.6 Å². The van der Waals surface area contributed by atoms with Gasteiger partial charge in [0.1, 0.15) is 0 Å². The Morgan fingerprint density at radius 3 is 2.28 bits per heavy atom. The van der Waals surface area contributed by atoms with E-state index in [0.717, 1.165) is 10.5 Å². The summed E-state index contributed by atoms with van der Waals surface area (Å²) in [4.78, 5) is 1.16. The van der Waals surface area contributed by atoms with Crippen LogP contribution in [0.3, 0.4) is 0 Å². The molecule has 0 bridgehead atoms. The topological polar surface area (TPSA) is 12.0 Å². The largest absolute Gasteiger partial charge is 0.389 e. The number of rotatable bonds is 6. The van der Waals surface area contributed by atoms with E-state index in [1.165, 1.54) is 0 Å². The van der Waals surface area contributed by atoms with Crippen molar-refractivity contribution in [2.75, 3.05) is 13.3 Å². The van der Waals surface area contributed by atoms with E-state index >= 15 is 0 Å². The quantitative estimate of drug-likeness (QED) is 0.773. The van der Waals surface area contributed by atoms with Gasteiger partial charge in [0.25, 0.3) is 0 Å². The highest BCUT2D eigenvalue weighted by molar-refractivity contribution is 7.98. The van der Waals surface area contributed by atoms with Gasteiger partial charge in [0.05, 0.1) is 0 Å². The summed E-state index contributed by atoms with van der Waals surface area (Å²) in [7, 11) is 1.78. The lowest BCUT2D eigenvalue weighted by atomic mass is 10.0. The standard InChI is InChI=1S/C13H18F3NS/c1-17-12(4-3-9-13(14,15)16)10-5-7-11(18-2)8-6-10/h5-8,12,17H,3-4,9H2,1-2H3. The van der Waals surface area contributed by atoms with Crippen molar-refractivity contribution in [3.63, 3.8) is 0 Å². The second-order valence-electron chi connectivity index (χ2n) is 4.12. The van der Waals surface area contributed by atoms with E-state index in [4.69, 9.17) is 0 Å². The molecule has 1 N–H and O–H groups in total. The molecule has 0 saturated heterocycles. The minimum atomic E-state index is -4.05. The van der Waals surface area contributed by atoms with Crippen LogP contribution in [-0.2, 0) is 0 Å². The van der Waals surface area contributed by atoms with Gasteiger partial charge in [-0.25, -0.2) is 0 Å². The van der Waals surface area contributed by atoms with E-state index in [2.05, 4.69) is 5.32 Å². The maximum atomic E-state index is 12.1. The first-order chi connectivity index (χ1) is 8.46. The minimum absolute atomic E-state index is 0.0109. The third-order valence-corrected chi connectivity index (χ3v) is 3.56. The van der Waals surface area contributed by atoms with Crippen LogP contribution in [0.2, 0.25) is 0 Å². The molecule has 0 radical (unpaired) electrons. The van der Waals surface area contributed by atoms with E-state index in [-0.39, 0.29) is 12.5 Å². The first-order valence-corrected chi connectivity index (χ1v) is 7.06. The summed E-state index contributed by atoms with van der Waals surface area (Å²) in [6, 6.07) is 7.92. The van der Waals surface area contributed by atoms with Crippen molar-refractivity contribution < 1.29 is 13.2 Å². The van der Waals surface area contributed by atoms with Crippen molar-refractivity contribution >= 4 is 11.8 Å². The number of hydrogen-bond acceptors (Lipinski definition) is 2. The Labute approximate surface area is 110 Å². The van der Waals surface area contributed by atoms with Crippen LogP contribution in [0.4, 0.5) is 13.2 Å².